The van der Waals surface area contributed by atoms with Crippen molar-refractivity contribution in [2.75, 3.05) is 36.0 Å². The number of hydrogen-bond donors (Lipinski definition) is 1. The third-order valence-corrected chi connectivity index (χ3v) is 8.31. The standard InChI is InChI=1S/C32H28F6N2O3.H2O/c33-31(34,35)9-13-39-11-3-5-19-15-23-27(17-25(19)39)43-28-18-26-20(6-4-12-40(26)14-10-32(36,37)38)16-24(28)29(23)21-7-1-2-8-22(21)30(41)42;/h1-2,7-8,15-18H,3-6,9-14H2;1H2. The number of anilines is 2. The lowest BCUT2D eigenvalue weighted by Gasteiger charge is -2.32. The predicted molar refractivity (Wildman–Crippen MR) is 155 cm³/mol. The summed E-state index contributed by atoms with van der Waals surface area (Å²) < 4.78 is 84.9. The third-order valence-electron chi connectivity index (χ3n) is 8.31. The van der Waals surface area contributed by atoms with E-state index in [0.717, 1.165) is 11.1 Å². The summed E-state index contributed by atoms with van der Waals surface area (Å²) in [5, 5.41) is 11.3. The van der Waals surface area contributed by atoms with E-state index in [9.17, 15) is 36.2 Å². The number of alkyl halides is 6. The Labute approximate surface area is 248 Å². The highest BCUT2D eigenvalue weighted by Crippen LogP contribution is 2.44. The molecule has 3 aromatic carbocycles. The zero-order valence-electron chi connectivity index (χ0n) is 23.6. The molecule has 2 aliphatic heterocycles. The maximum atomic E-state index is 13.1. The van der Waals surface area contributed by atoms with Crippen LogP contribution >= 0.6 is 0 Å². The van der Waals surface area contributed by atoms with Gasteiger partial charge in [-0.1, -0.05) is 18.2 Å². The number of nitrogens with zero attached hydrogens (tertiary/aromatic N) is 2. The molecule has 3 heterocycles. The van der Waals surface area contributed by atoms with Crippen molar-refractivity contribution in [2.24, 2.45) is 0 Å². The van der Waals surface area contributed by atoms with Gasteiger partial charge in [0.25, 0.3) is 0 Å². The maximum absolute atomic E-state index is 13.1. The van der Waals surface area contributed by atoms with Crippen LogP contribution in [-0.4, -0.2) is 55.1 Å². The number of benzene rings is 3. The second kappa shape index (κ2) is 11.8. The number of aryl methyl sites for hydroxylation is 2. The van der Waals surface area contributed by atoms with Gasteiger partial charge in [-0.15, -0.1) is 0 Å². The molecule has 0 saturated heterocycles. The number of fused-ring (bicyclic) bond motifs is 4. The molecule has 0 saturated carbocycles. The Bertz CT molecular complexity index is 1630. The van der Waals surface area contributed by atoms with Crippen molar-refractivity contribution in [3.63, 3.8) is 0 Å². The molecule has 1 aromatic heterocycles. The normalized spacial score (nSPS) is 15.2. The smallest absolute Gasteiger partial charge is 0.390 e. The summed E-state index contributed by atoms with van der Waals surface area (Å²) in [5.74, 6) is -1.12. The van der Waals surface area contributed by atoms with Crippen LogP contribution < -0.4 is 9.80 Å². The average molecular weight is 621 g/mol. The molecule has 6 nitrogen and oxygen atoms in total. The lowest BCUT2D eigenvalue weighted by molar-refractivity contribution is -0.133. The predicted octanol–water partition coefficient (Wildman–Crippen LogP) is 8.47. The first kappa shape index (κ1) is 31.4. The number of carbonyl (C=O) groups is 1. The minimum Gasteiger partial charge on any atom is -0.870 e. The lowest BCUT2D eigenvalue weighted by atomic mass is 9.89. The van der Waals surface area contributed by atoms with Gasteiger partial charge >= 0.3 is 29.5 Å². The average Bonchev–Trinajstić information content (AvgIpc) is 2.95. The third kappa shape index (κ3) is 6.26. The molecule has 4 aromatic rings. The number of aromatic carboxylic acids is 1. The van der Waals surface area contributed by atoms with Gasteiger partial charge in [0, 0.05) is 43.1 Å². The van der Waals surface area contributed by atoms with Crippen LogP contribution in [0.15, 0.2) is 52.9 Å². The van der Waals surface area contributed by atoms with Gasteiger partial charge in [0.15, 0.2) is 0 Å². The number of carboxylic acids is 1. The van der Waals surface area contributed by atoms with E-state index in [2.05, 4.69) is 0 Å². The van der Waals surface area contributed by atoms with Crippen molar-refractivity contribution in [2.45, 2.75) is 50.9 Å². The first-order chi connectivity index (χ1) is 20.4. The van der Waals surface area contributed by atoms with Crippen LogP contribution in [0.25, 0.3) is 33.1 Å². The van der Waals surface area contributed by atoms with Crippen molar-refractivity contribution in [1.82, 2.24) is 0 Å². The van der Waals surface area contributed by atoms with E-state index in [0.29, 0.717) is 83.2 Å². The summed E-state index contributed by atoms with van der Waals surface area (Å²) in [5.41, 5.74) is 4.82. The summed E-state index contributed by atoms with van der Waals surface area (Å²) in [4.78, 5) is 15.7. The van der Waals surface area contributed by atoms with Crippen LogP contribution in [0.1, 0.15) is 47.2 Å². The summed E-state index contributed by atoms with van der Waals surface area (Å²) >= 11 is 0. The minimum atomic E-state index is -4.31. The fraction of sp³-hybridized carbons (Fsp3) is 0.375. The van der Waals surface area contributed by atoms with Gasteiger partial charge in [0.2, 0.25) is 0 Å². The van der Waals surface area contributed by atoms with Crippen molar-refractivity contribution in [1.29, 1.82) is 0 Å². The first-order valence-electron chi connectivity index (χ1n) is 14.2. The van der Waals surface area contributed by atoms with Crippen LogP contribution in [0.3, 0.4) is 0 Å². The fourth-order valence-electron chi connectivity index (χ4n) is 6.37. The SMILES string of the molecule is O=C(O)c1ccccc1-c1c2cc3c(cc2[o+]c2cc4c(cc12)CCCN4CCC(F)(F)F)N(CCC(F)(F)F)CCC3.[OH-]. The Morgan fingerprint density at radius 3 is 1.70 bits per heavy atom. The van der Waals surface area contributed by atoms with Gasteiger partial charge in [0.05, 0.1) is 41.3 Å². The van der Waals surface area contributed by atoms with E-state index in [4.69, 9.17) is 4.42 Å². The van der Waals surface area contributed by atoms with E-state index in [1.165, 1.54) is 6.07 Å². The van der Waals surface area contributed by atoms with Crippen molar-refractivity contribution >= 4 is 39.3 Å². The van der Waals surface area contributed by atoms with E-state index >= 15 is 0 Å². The minimum absolute atomic E-state index is 0. The Morgan fingerprint density at radius 1 is 0.773 bits per heavy atom. The molecule has 0 atom stereocenters. The van der Waals surface area contributed by atoms with Gasteiger partial charge < -0.3 is 20.4 Å². The van der Waals surface area contributed by atoms with Gasteiger partial charge in [-0.3, -0.25) is 0 Å². The molecule has 44 heavy (non-hydrogen) atoms. The first-order valence-corrected chi connectivity index (χ1v) is 14.2. The van der Waals surface area contributed by atoms with Gasteiger partial charge in [-0.2, -0.15) is 26.3 Å². The van der Waals surface area contributed by atoms with E-state index in [1.54, 1.807) is 40.1 Å². The summed E-state index contributed by atoms with van der Waals surface area (Å²) in [6.45, 7) is 0.509. The van der Waals surface area contributed by atoms with Crippen LogP contribution in [0, 0.1) is 0 Å². The van der Waals surface area contributed by atoms with Crippen LogP contribution in [0.4, 0.5) is 37.7 Å². The van der Waals surface area contributed by atoms with Crippen LogP contribution in [-0.2, 0) is 12.8 Å². The molecular weight excluding hydrogens is 590 g/mol. The number of carboxylic acid groups (broad SMARTS) is 1. The van der Waals surface area contributed by atoms with Gasteiger partial charge in [0.1, 0.15) is 0 Å². The van der Waals surface area contributed by atoms with Crippen molar-refractivity contribution in [3.05, 3.63) is 65.2 Å². The van der Waals surface area contributed by atoms with Crippen molar-refractivity contribution < 1.29 is 46.1 Å². The Morgan fingerprint density at radius 2 is 1.25 bits per heavy atom. The number of hydrogen-bond acceptors (Lipinski definition) is 4. The van der Waals surface area contributed by atoms with Crippen LogP contribution in [0.5, 0.6) is 0 Å². The van der Waals surface area contributed by atoms with E-state index in [-0.39, 0.29) is 24.1 Å². The lowest BCUT2D eigenvalue weighted by Crippen LogP contribution is -2.32. The van der Waals surface area contributed by atoms with E-state index < -0.39 is 31.2 Å². The number of halogens is 6. The molecule has 0 bridgehead atoms. The molecule has 234 valence electrons. The Balaban J connectivity index is 0.00000384. The molecule has 0 unspecified atom stereocenters. The maximum Gasteiger partial charge on any atom is 0.390 e. The zero-order valence-corrected chi connectivity index (χ0v) is 23.6. The van der Waals surface area contributed by atoms with Gasteiger partial charge in [-0.05, 0) is 60.6 Å². The largest absolute Gasteiger partial charge is 0.870 e. The molecule has 0 aliphatic carbocycles. The topological polar surface area (TPSA) is 85.1 Å². The summed E-state index contributed by atoms with van der Waals surface area (Å²) in [6, 6.07) is 13.8. The molecule has 2 N–H and O–H groups in total. The second-order valence-electron chi connectivity index (χ2n) is 11.2. The zero-order chi connectivity index (χ0) is 30.5. The van der Waals surface area contributed by atoms with Crippen LogP contribution in [0.2, 0.25) is 0 Å². The molecular formula is C32H30F6N2O4. The Kier molecular flexibility index (Phi) is 8.41. The fourth-order valence-corrected chi connectivity index (χ4v) is 6.37. The molecule has 6 rings (SSSR count). The molecule has 2 aliphatic rings. The quantitative estimate of drug-likeness (QED) is 0.132. The molecule has 0 amide bonds. The second-order valence-corrected chi connectivity index (χ2v) is 11.2. The van der Waals surface area contributed by atoms with Gasteiger partial charge in [-0.25, -0.2) is 9.21 Å². The highest BCUT2D eigenvalue weighted by atomic mass is 19.4. The summed E-state index contributed by atoms with van der Waals surface area (Å²) in [6.07, 6.45) is -7.91. The molecule has 0 fully saturated rings. The molecule has 0 radical (unpaired) electrons. The van der Waals surface area contributed by atoms with E-state index in [1.807, 2.05) is 12.1 Å². The molecule has 0 spiro atoms. The number of rotatable bonds is 6. The highest BCUT2D eigenvalue weighted by molar-refractivity contribution is 6.13. The van der Waals surface area contributed by atoms with Crippen molar-refractivity contribution in [3.8, 4) is 11.1 Å². The summed E-state index contributed by atoms with van der Waals surface area (Å²) in [7, 11) is 0. The molecule has 12 heteroatoms. The highest BCUT2D eigenvalue weighted by Gasteiger charge is 2.33. The Hall–Kier alpha value is -4.06. The monoisotopic (exact) mass is 620 g/mol.